The third-order valence-electron chi connectivity index (χ3n) is 3.24. The first-order chi connectivity index (χ1) is 8.58. The Balaban J connectivity index is 2.06. The summed E-state index contributed by atoms with van der Waals surface area (Å²) >= 11 is 3.49. The lowest BCUT2D eigenvalue weighted by Gasteiger charge is -2.15. The zero-order chi connectivity index (χ0) is 13.1. The Labute approximate surface area is 116 Å². The molecule has 1 aromatic heterocycles. The first-order valence-corrected chi connectivity index (χ1v) is 6.85. The second-order valence-electron chi connectivity index (χ2n) is 4.60. The van der Waals surface area contributed by atoms with Crippen LogP contribution in [0.15, 0.2) is 35.1 Å². The number of nitrogens with zero attached hydrogens (tertiary/aromatic N) is 2. The maximum Gasteiger partial charge on any atom is 0.108 e. The van der Waals surface area contributed by atoms with Crippen molar-refractivity contribution < 1.29 is 0 Å². The normalized spacial score (nSPS) is 12.7. The van der Waals surface area contributed by atoms with Crippen molar-refractivity contribution in [3.63, 3.8) is 0 Å². The molecule has 1 aromatic carbocycles. The van der Waals surface area contributed by atoms with Gasteiger partial charge in [0.2, 0.25) is 0 Å². The number of nitrogens with two attached hydrogens (primary N) is 1. The first kappa shape index (κ1) is 13.3. The molecule has 1 heterocycles. The van der Waals surface area contributed by atoms with Crippen LogP contribution in [0.5, 0.6) is 0 Å². The van der Waals surface area contributed by atoms with Crippen molar-refractivity contribution >= 4 is 15.9 Å². The minimum atomic E-state index is 0.0548. The molecule has 0 saturated heterocycles. The molecule has 0 radical (unpaired) electrons. The zero-order valence-corrected chi connectivity index (χ0v) is 12.3. The molecule has 2 N–H and O–H groups in total. The summed E-state index contributed by atoms with van der Waals surface area (Å²) < 4.78 is 3.12. The molecule has 0 saturated carbocycles. The summed E-state index contributed by atoms with van der Waals surface area (Å²) in [5.41, 5.74) is 8.72. The van der Waals surface area contributed by atoms with Crippen molar-refractivity contribution in [2.75, 3.05) is 0 Å². The second-order valence-corrected chi connectivity index (χ2v) is 5.52. The number of hydrogen-bond acceptors (Lipinski definition) is 2. The molecule has 1 unspecified atom stereocenters. The lowest BCUT2D eigenvalue weighted by molar-refractivity contribution is 0.618. The van der Waals surface area contributed by atoms with E-state index in [1.807, 2.05) is 30.1 Å². The minimum absolute atomic E-state index is 0.0548. The van der Waals surface area contributed by atoms with Gasteiger partial charge in [-0.2, -0.15) is 0 Å². The lowest BCUT2D eigenvalue weighted by Crippen LogP contribution is -2.14. The van der Waals surface area contributed by atoms with E-state index in [1.165, 1.54) is 11.1 Å². The van der Waals surface area contributed by atoms with E-state index in [4.69, 9.17) is 5.73 Å². The van der Waals surface area contributed by atoms with Gasteiger partial charge in [0.05, 0.1) is 0 Å². The molecule has 2 rings (SSSR count). The standard InChI is InChI=1S/C14H18BrN3/c1-10-3-4-11(15)9-12(10)13(16)5-6-14-17-7-8-18(14)2/h3-4,7-9,13H,5-6,16H2,1-2H3. The highest BCUT2D eigenvalue weighted by atomic mass is 79.9. The summed E-state index contributed by atoms with van der Waals surface area (Å²) in [5, 5.41) is 0. The minimum Gasteiger partial charge on any atom is -0.338 e. The van der Waals surface area contributed by atoms with Crippen molar-refractivity contribution in [1.82, 2.24) is 9.55 Å². The molecule has 3 nitrogen and oxygen atoms in total. The Morgan fingerprint density at radius 3 is 2.89 bits per heavy atom. The van der Waals surface area contributed by atoms with E-state index in [-0.39, 0.29) is 6.04 Å². The molecule has 96 valence electrons. The van der Waals surface area contributed by atoms with Gasteiger partial charge >= 0.3 is 0 Å². The van der Waals surface area contributed by atoms with Gasteiger partial charge in [-0.15, -0.1) is 0 Å². The first-order valence-electron chi connectivity index (χ1n) is 6.05. The number of aryl methyl sites for hydroxylation is 3. The van der Waals surface area contributed by atoms with Crippen molar-refractivity contribution in [2.24, 2.45) is 12.8 Å². The van der Waals surface area contributed by atoms with Crippen molar-refractivity contribution in [3.8, 4) is 0 Å². The molecule has 0 aliphatic heterocycles. The molecular formula is C14H18BrN3. The number of rotatable bonds is 4. The summed E-state index contributed by atoms with van der Waals surface area (Å²) in [6, 6.07) is 6.31. The van der Waals surface area contributed by atoms with Gasteiger partial charge in [-0.05, 0) is 36.6 Å². The van der Waals surface area contributed by atoms with Gasteiger partial charge in [-0.25, -0.2) is 4.98 Å². The molecule has 2 aromatic rings. The second kappa shape index (κ2) is 5.67. The van der Waals surface area contributed by atoms with Crippen LogP contribution in [0.3, 0.4) is 0 Å². The SMILES string of the molecule is Cc1ccc(Br)cc1C(N)CCc1nccn1C. The van der Waals surface area contributed by atoms with E-state index >= 15 is 0 Å². The van der Waals surface area contributed by atoms with Crippen LogP contribution >= 0.6 is 15.9 Å². The molecule has 0 fully saturated rings. The van der Waals surface area contributed by atoms with Gasteiger partial charge in [0.25, 0.3) is 0 Å². The highest BCUT2D eigenvalue weighted by Gasteiger charge is 2.11. The Hall–Kier alpha value is -1.13. The third kappa shape index (κ3) is 3.00. The Bertz CT molecular complexity index is 534. The topological polar surface area (TPSA) is 43.8 Å². The van der Waals surface area contributed by atoms with E-state index in [9.17, 15) is 0 Å². The number of aromatic nitrogens is 2. The number of imidazole rings is 1. The Morgan fingerprint density at radius 2 is 2.22 bits per heavy atom. The van der Waals surface area contributed by atoms with Crippen LogP contribution in [0, 0.1) is 6.92 Å². The molecule has 0 aliphatic rings. The molecule has 0 spiro atoms. The Kier molecular flexibility index (Phi) is 4.19. The van der Waals surface area contributed by atoms with Crippen molar-refractivity contribution in [1.29, 1.82) is 0 Å². The molecule has 0 bridgehead atoms. The predicted molar refractivity (Wildman–Crippen MR) is 77.3 cm³/mol. The highest BCUT2D eigenvalue weighted by molar-refractivity contribution is 9.10. The maximum absolute atomic E-state index is 6.27. The van der Waals surface area contributed by atoms with Crippen LogP contribution < -0.4 is 5.73 Å². The van der Waals surface area contributed by atoms with Crippen molar-refractivity contribution in [3.05, 3.63) is 52.0 Å². The largest absolute Gasteiger partial charge is 0.338 e. The van der Waals surface area contributed by atoms with Gasteiger partial charge in [-0.1, -0.05) is 22.0 Å². The molecule has 4 heteroatoms. The third-order valence-corrected chi connectivity index (χ3v) is 3.73. The molecule has 18 heavy (non-hydrogen) atoms. The fraction of sp³-hybridized carbons (Fsp3) is 0.357. The molecule has 1 atom stereocenters. The van der Waals surface area contributed by atoms with E-state index in [2.05, 4.69) is 40.0 Å². The lowest BCUT2D eigenvalue weighted by atomic mass is 9.98. The van der Waals surface area contributed by atoms with Gasteiger partial charge in [0.1, 0.15) is 5.82 Å². The van der Waals surface area contributed by atoms with Crippen LogP contribution in [-0.2, 0) is 13.5 Å². The van der Waals surface area contributed by atoms with E-state index < -0.39 is 0 Å². The zero-order valence-electron chi connectivity index (χ0n) is 10.7. The van der Waals surface area contributed by atoms with Crippen LogP contribution in [0.4, 0.5) is 0 Å². The number of hydrogen-bond donors (Lipinski definition) is 1. The summed E-state index contributed by atoms with van der Waals surface area (Å²) in [5.74, 6) is 1.08. The molecule has 0 amide bonds. The van der Waals surface area contributed by atoms with Crippen LogP contribution in [0.1, 0.15) is 29.4 Å². The van der Waals surface area contributed by atoms with E-state index in [0.717, 1.165) is 23.1 Å². The van der Waals surface area contributed by atoms with Gasteiger partial charge in [0, 0.05) is 36.4 Å². The number of benzene rings is 1. The summed E-state index contributed by atoms with van der Waals surface area (Å²) in [7, 11) is 2.01. The predicted octanol–water partition coefficient (Wildman–Crippen LogP) is 3.12. The average molecular weight is 308 g/mol. The Morgan fingerprint density at radius 1 is 1.44 bits per heavy atom. The fourth-order valence-electron chi connectivity index (χ4n) is 2.09. The monoisotopic (exact) mass is 307 g/mol. The highest BCUT2D eigenvalue weighted by Crippen LogP contribution is 2.23. The fourth-order valence-corrected chi connectivity index (χ4v) is 2.47. The van der Waals surface area contributed by atoms with E-state index in [0.29, 0.717) is 0 Å². The van der Waals surface area contributed by atoms with Crippen LogP contribution in [-0.4, -0.2) is 9.55 Å². The van der Waals surface area contributed by atoms with Gasteiger partial charge in [0.15, 0.2) is 0 Å². The number of halogens is 1. The van der Waals surface area contributed by atoms with Crippen LogP contribution in [0.2, 0.25) is 0 Å². The molecule has 0 aliphatic carbocycles. The van der Waals surface area contributed by atoms with Crippen LogP contribution in [0.25, 0.3) is 0 Å². The van der Waals surface area contributed by atoms with Gasteiger partial charge in [-0.3, -0.25) is 0 Å². The quantitative estimate of drug-likeness (QED) is 0.943. The molecular weight excluding hydrogens is 290 g/mol. The van der Waals surface area contributed by atoms with E-state index in [1.54, 1.807) is 0 Å². The van der Waals surface area contributed by atoms with Crippen molar-refractivity contribution in [2.45, 2.75) is 25.8 Å². The smallest absolute Gasteiger partial charge is 0.108 e. The maximum atomic E-state index is 6.27. The average Bonchev–Trinajstić information content (AvgIpc) is 2.75. The summed E-state index contributed by atoms with van der Waals surface area (Å²) in [4.78, 5) is 4.32. The summed E-state index contributed by atoms with van der Waals surface area (Å²) in [6.07, 6.45) is 5.59. The van der Waals surface area contributed by atoms with Gasteiger partial charge < -0.3 is 10.3 Å². The summed E-state index contributed by atoms with van der Waals surface area (Å²) in [6.45, 7) is 2.10.